The van der Waals surface area contributed by atoms with Gasteiger partial charge in [-0.25, -0.2) is 0 Å². The number of hydrogen-bond donors (Lipinski definition) is 1. The first kappa shape index (κ1) is 19.6. The quantitative estimate of drug-likeness (QED) is 0.347. The Morgan fingerprint density at radius 2 is 1.92 bits per heavy atom. The first-order valence-corrected chi connectivity index (χ1v) is 7.72. The smallest absolute Gasteiger partial charge is 0.278 e. The van der Waals surface area contributed by atoms with Crippen LogP contribution in [0.2, 0.25) is 0 Å². The van der Waals surface area contributed by atoms with Crippen LogP contribution in [0.25, 0.3) is 16.6 Å². The maximum atomic E-state index is 10.6. The van der Waals surface area contributed by atoms with Crippen LogP contribution >= 0.6 is 0 Å². The third-order valence-corrected chi connectivity index (χ3v) is 3.91. The van der Waals surface area contributed by atoms with Crippen molar-refractivity contribution in [1.29, 1.82) is 0 Å². The van der Waals surface area contributed by atoms with Gasteiger partial charge in [0.2, 0.25) is 0 Å². The van der Waals surface area contributed by atoms with E-state index >= 15 is 0 Å². The van der Waals surface area contributed by atoms with Gasteiger partial charge in [0.15, 0.2) is 0 Å². The maximum absolute atomic E-state index is 10.6. The van der Waals surface area contributed by atoms with Crippen molar-refractivity contribution in [1.82, 2.24) is 4.98 Å². The summed E-state index contributed by atoms with van der Waals surface area (Å²) in [6.07, 6.45) is 3.83. The fourth-order valence-electron chi connectivity index (χ4n) is 2.76. The summed E-state index contributed by atoms with van der Waals surface area (Å²) in [6, 6.07) is 14.1. The molecule has 7 heteroatoms. The van der Waals surface area contributed by atoms with Crippen molar-refractivity contribution in [3.05, 3.63) is 76.1 Å². The molecule has 6 nitrogen and oxygen atoms in total. The minimum Gasteiger partial charge on any atom is -0.698 e. The van der Waals surface area contributed by atoms with Gasteiger partial charge in [-0.15, -0.1) is 5.69 Å². The molecule has 25 heavy (non-hydrogen) atoms. The predicted octanol–water partition coefficient (Wildman–Crippen LogP) is 4.87. The number of nitro groups is 1. The Balaban J connectivity index is 0.000000175. The number of fused-ring (bicyclic) bond motifs is 2. The molecule has 0 unspecified atom stereocenters. The van der Waals surface area contributed by atoms with E-state index in [1.165, 1.54) is 11.6 Å². The summed E-state index contributed by atoms with van der Waals surface area (Å²) >= 11 is 0. The summed E-state index contributed by atoms with van der Waals surface area (Å²) in [5.74, 6) is 0. The van der Waals surface area contributed by atoms with Gasteiger partial charge in [0.1, 0.15) is 0 Å². The Hall–Kier alpha value is -1.71. The molecule has 0 saturated carbocycles. The van der Waals surface area contributed by atoms with Gasteiger partial charge in [0.05, 0.1) is 15.8 Å². The van der Waals surface area contributed by atoms with E-state index < -0.39 is 4.92 Å². The number of aromatic nitrogens is 1. The van der Waals surface area contributed by atoms with Crippen molar-refractivity contribution in [2.24, 2.45) is 0 Å². The van der Waals surface area contributed by atoms with Crippen LogP contribution in [0.3, 0.4) is 0 Å². The van der Waals surface area contributed by atoms with Crippen molar-refractivity contribution in [3.63, 3.8) is 0 Å². The average Bonchev–Trinajstić information content (AvgIpc) is 2.62. The fraction of sp³-hybridized carbons (Fsp3) is 0.167. The second-order valence-electron chi connectivity index (χ2n) is 5.47. The Kier molecular flexibility index (Phi) is 7.15. The molecule has 0 aliphatic carbocycles. The molecular formula is C18H17AcN4O2-. The maximum Gasteiger partial charge on any atom is 0.278 e. The zero-order chi connectivity index (χ0) is 16.9. The molecule has 3 aromatic rings. The fourth-order valence-corrected chi connectivity index (χ4v) is 2.76. The molecule has 1 aromatic heterocycles. The van der Waals surface area contributed by atoms with Crippen LogP contribution in [0.1, 0.15) is 12.0 Å². The molecule has 0 bridgehead atoms. The standard InChI is InChI=1S/C9H6N2O2.C9H11N2.Ac/c12-11(13)9-5-1-4-8-7(9)3-2-6-10-8;10-8-4-1-5-9-7(8)3-2-6-11-9;/h1-6H;1,4-5,10-11H,2-3,6H2;/q;-1;. The molecule has 0 atom stereocenters. The van der Waals surface area contributed by atoms with Crippen molar-refractivity contribution in [3.8, 4) is 0 Å². The second kappa shape index (κ2) is 9.12. The molecule has 2 N–H and O–H groups in total. The number of anilines is 1. The summed E-state index contributed by atoms with van der Waals surface area (Å²) in [4.78, 5) is 14.2. The van der Waals surface area contributed by atoms with E-state index in [2.05, 4.69) is 10.3 Å². The Bertz CT molecular complexity index is 881. The van der Waals surface area contributed by atoms with Gasteiger partial charge < -0.3 is 11.1 Å². The minimum atomic E-state index is -0.399. The zero-order valence-corrected chi connectivity index (χ0v) is 18.4. The van der Waals surface area contributed by atoms with Crippen LogP contribution in [0.5, 0.6) is 0 Å². The third-order valence-electron chi connectivity index (χ3n) is 3.91. The molecule has 2 aromatic carbocycles. The number of benzene rings is 2. The summed E-state index contributed by atoms with van der Waals surface area (Å²) in [5, 5.41) is 14.5. The predicted molar refractivity (Wildman–Crippen MR) is 95.6 cm³/mol. The van der Waals surface area contributed by atoms with E-state index in [4.69, 9.17) is 5.73 Å². The second-order valence-corrected chi connectivity index (χ2v) is 5.47. The van der Waals surface area contributed by atoms with Crippen molar-refractivity contribution in [2.45, 2.75) is 12.8 Å². The monoisotopic (exact) mass is 548 g/mol. The number of nitrogens with zero attached hydrogens (tertiary/aromatic N) is 2. The average molecular weight is 548 g/mol. The minimum absolute atomic E-state index is 0. The first-order valence-electron chi connectivity index (χ1n) is 7.72. The molecule has 125 valence electrons. The topological polar surface area (TPSA) is 91.9 Å². The number of nitrogens with one attached hydrogen (secondary N) is 2. The van der Waals surface area contributed by atoms with Crippen LogP contribution in [0.4, 0.5) is 17.1 Å². The zero-order valence-electron chi connectivity index (χ0n) is 13.6. The van der Waals surface area contributed by atoms with E-state index in [-0.39, 0.29) is 49.7 Å². The summed E-state index contributed by atoms with van der Waals surface area (Å²) in [5.41, 5.74) is 11.4. The molecule has 1 aliphatic rings. The van der Waals surface area contributed by atoms with Crippen LogP contribution in [-0.4, -0.2) is 16.5 Å². The van der Waals surface area contributed by atoms with Crippen molar-refractivity contribution in [2.75, 3.05) is 11.9 Å². The third kappa shape index (κ3) is 4.68. The molecular weight excluding hydrogens is 531 g/mol. The number of rotatable bonds is 1. The Morgan fingerprint density at radius 1 is 1.12 bits per heavy atom. The van der Waals surface area contributed by atoms with Gasteiger partial charge in [0.25, 0.3) is 5.69 Å². The van der Waals surface area contributed by atoms with Gasteiger partial charge in [-0.1, -0.05) is 18.2 Å². The molecule has 1 radical (unpaired) electrons. The Morgan fingerprint density at radius 3 is 2.68 bits per heavy atom. The van der Waals surface area contributed by atoms with Gasteiger partial charge in [-0.05, 0) is 42.7 Å². The van der Waals surface area contributed by atoms with Crippen LogP contribution in [0.15, 0.2) is 54.7 Å². The number of non-ortho nitro benzene ring substituents is 1. The molecule has 0 saturated heterocycles. The molecule has 0 fully saturated rings. The largest absolute Gasteiger partial charge is 0.698 e. The molecule has 0 amide bonds. The van der Waals surface area contributed by atoms with E-state index in [1.54, 1.807) is 30.5 Å². The number of nitro benzene ring substituents is 1. The Labute approximate surface area is 181 Å². The SMILES string of the molecule is O=[N+]([O-])c1cccc2ncccc12.[Ac].[NH-]c1cccc2c1CCCN2. The molecule has 1 aliphatic heterocycles. The van der Waals surface area contributed by atoms with Crippen LogP contribution in [-0.2, 0) is 6.42 Å². The van der Waals surface area contributed by atoms with E-state index in [0.29, 0.717) is 16.6 Å². The van der Waals surface area contributed by atoms with Gasteiger partial charge in [-0.3, -0.25) is 15.1 Å². The number of hydrogen-bond acceptors (Lipinski definition) is 4. The first-order chi connectivity index (χ1) is 11.7. The van der Waals surface area contributed by atoms with E-state index in [9.17, 15) is 10.1 Å². The van der Waals surface area contributed by atoms with Crippen molar-refractivity contribution >= 4 is 28.0 Å². The van der Waals surface area contributed by atoms with Crippen molar-refractivity contribution < 1.29 is 49.0 Å². The van der Waals surface area contributed by atoms with Crippen LogP contribution < -0.4 is 5.32 Å². The van der Waals surface area contributed by atoms with Gasteiger partial charge >= 0.3 is 0 Å². The van der Waals surface area contributed by atoms with E-state index in [0.717, 1.165) is 25.1 Å². The normalized spacial score (nSPS) is 12.0. The summed E-state index contributed by atoms with van der Waals surface area (Å²) in [7, 11) is 0. The van der Waals surface area contributed by atoms with Crippen LogP contribution in [0, 0.1) is 54.2 Å². The van der Waals surface area contributed by atoms with Gasteiger partial charge in [-0.2, -0.15) is 0 Å². The molecule has 0 spiro atoms. The summed E-state index contributed by atoms with van der Waals surface area (Å²) < 4.78 is 0. The number of pyridine rings is 1. The molecule has 4 rings (SSSR count). The molecule has 2 heterocycles. The van der Waals surface area contributed by atoms with Gasteiger partial charge in [0, 0.05) is 68.6 Å². The summed E-state index contributed by atoms with van der Waals surface area (Å²) in [6.45, 7) is 1.05. The van der Waals surface area contributed by atoms with E-state index in [1.807, 2.05) is 18.2 Å².